The number of anilines is 3. The lowest BCUT2D eigenvalue weighted by molar-refractivity contribution is -0.117. The molecule has 3 heterocycles. The second kappa shape index (κ2) is 5.72. The molecule has 0 radical (unpaired) electrons. The monoisotopic (exact) mass is 292 g/mol. The van der Waals surface area contributed by atoms with Crippen LogP contribution < -0.4 is 26.0 Å². The summed E-state index contributed by atoms with van der Waals surface area (Å²) in [6, 6.07) is 0.0113. The molecule has 0 saturated carbocycles. The molecule has 1 amide bonds. The number of nitrogens with zero attached hydrogens (tertiary/aromatic N) is 3. The van der Waals surface area contributed by atoms with Gasteiger partial charge in [0.2, 0.25) is 5.91 Å². The van der Waals surface area contributed by atoms with Gasteiger partial charge in [-0.05, 0) is 6.42 Å². The SMILES string of the molecule is CCCCOc1nc(N)c2c(n1)N1CCNCC1C(=O)N2. The minimum atomic E-state index is -0.260. The average Bonchev–Trinajstić information content (AvgIpc) is 2.49. The molecule has 1 atom stereocenters. The standard InChI is InChI=1S/C13H20N6O2/c1-2-3-6-21-13-17-10(14)9-11(18-13)19-5-4-15-7-8(19)12(20)16-9/h8,15H,2-7H2,1H3,(H,16,20)(H2,14,17,18). The molecule has 0 bridgehead atoms. The van der Waals surface area contributed by atoms with Gasteiger partial charge in [0.1, 0.15) is 11.7 Å². The zero-order chi connectivity index (χ0) is 14.8. The number of ether oxygens (including phenoxy) is 1. The van der Waals surface area contributed by atoms with Crippen LogP contribution in [-0.2, 0) is 4.79 Å². The van der Waals surface area contributed by atoms with Crippen LogP contribution in [-0.4, -0.2) is 48.2 Å². The first-order valence-corrected chi connectivity index (χ1v) is 7.29. The third kappa shape index (κ3) is 2.58. The second-order valence-electron chi connectivity index (χ2n) is 5.19. The van der Waals surface area contributed by atoms with Gasteiger partial charge in [-0.25, -0.2) is 0 Å². The number of nitrogen functional groups attached to an aromatic ring is 1. The number of nitrogens with two attached hydrogens (primary N) is 1. The molecule has 0 aliphatic carbocycles. The zero-order valence-corrected chi connectivity index (χ0v) is 12.1. The van der Waals surface area contributed by atoms with Crippen LogP contribution in [0.1, 0.15) is 19.8 Å². The van der Waals surface area contributed by atoms with E-state index in [1.54, 1.807) is 0 Å². The Hall–Kier alpha value is -2.09. The largest absolute Gasteiger partial charge is 0.463 e. The lowest BCUT2D eigenvalue weighted by Gasteiger charge is -2.40. The molecule has 1 saturated heterocycles. The van der Waals surface area contributed by atoms with Crippen molar-refractivity contribution in [3.05, 3.63) is 0 Å². The van der Waals surface area contributed by atoms with Gasteiger partial charge in [0.25, 0.3) is 0 Å². The van der Waals surface area contributed by atoms with Crippen molar-refractivity contribution in [1.29, 1.82) is 0 Å². The van der Waals surface area contributed by atoms with Crippen molar-refractivity contribution >= 4 is 23.2 Å². The molecule has 8 nitrogen and oxygen atoms in total. The quantitative estimate of drug-likeness (QED) is 0.669. The van der Waals surface area contributed by atoms with Gasteiger partial charge in [-0.15, -0.1) is 0 Å². The van der Waals surface area contributed by atoms with Crippen molar-refractivity contribution in [2.24, 2.45) is 0 Å². The summed E-state index contributed by atoms with van der Waals surface area (Å²) in [5, 5.41) is 6.00. The molecule has 0 aromatic carbocycles. The van der Waals surface area contributed by atoms with Crippen LogP contribution >= 0.6 is 0 Å². The molecule has 0 spiro atoms. The number of unbranched alkanes of at least 4 members (excludes halogenated alkanes) is 1. The number of hydrogen-bond donors (Lipinski definition) is 3. The Balaban J connectivity index is 1.91. The number of amides is 1. The maximum atomic E-state index is 12.1. The minimum Gasteiger partial charge on any atom is -0.463 e. The van der Waals surface area contributed by atoms with Crippen molar-refractivity contribution in [1.82, 2.24) is 15.3 Å². The Kier molecular flexibility index (Phi) is 3.78. The Labute approximate surface area is 123 Å². The van der Waals surface area contributed by atoms with Gasteiger partial charge in [-0.1, -0.05) is 13.3 Å². The van der Waals surface area contributed by atoms with E-state index in [-0.39, 0.29) is 23.8 Å². The summed E-state index contributed by atoms with van der Waals surface area (Å²) in [6.45, 7) is 4.76. The van der Waals surface area contributed by atoms with E-state index in [1.165, 1.54) is 0 Å². The lowest BCUT2D eigenvalue weighted by atomic mass is 10.1. The summed E-state index contributed by atoms with van der Waals surface area (Å²) in [5.41, 5.74) is 6.43. The fourth-order valence-electron chi connectivity index (χ4n) is 2.54. The van der Waals surface area contributed by atoms with Gasteiger partial charge < -0.3 is 26.0 Å². The maximum absolute atomic E-state index is 12.1. The average molecular weight is 292 g/mol. The van der Waals surface area contributed by atoms with Gasteiger partial charge in [-0.2, -0.15) is 9.97 Å². The molecule has 1 aromatic rings. The Morgan fingerprint density at radius 1 is 1.48 bits per heavy atom. The topological polar surface area (TPSA) is 105 Å². The van der Waals surface area contributed by atoms with E-state index in [4.69, 9.17) is 10.5 Å². The van der Waals surface area contributed by atoms with Crippen LogP contribution in [0.5, 0.6) is 6.01 Å². The highest BCUT2D eigenvalue weighted by Gasteiger charge is 2.37. The molecule has 2 aliphatic heterocycles. The highest BCUT2D eigenvalue weighted by molar-refractivity contribution is 6.05. The fraction of sp³-hybridized carbons (Fsp3) is 0.615. The number of rotatable bonds is 4. The molecular formula is C13H20N6O2. The normalized spacial score (nSPS) is 20.5. The molecule has 1 fully saturated rings. The number of fused-ring (bicyclic) bond motifs is 3. The molecule has 21 heavy (non-hydrogen) atoms. The van der Waals surface area contributed by atoms with E-state index in [2.05, 4.69) is 27.5 Å². The van der Waals surface area contributed by atoms with E-state index in [0.717, 1.165) is 19.4 Å². The Bertz CT molecular complexity index is 550. The predicted molar refractivity (Wildman–Crippen MR) is 79.5 cm³/mol. The Morgan fingerprint density at radius 3 is 3.14 bits per heavy atom. The third-order valence-electron chi connectivity index (χ3n) is 3.69. The van der Waals surface area contributed by atoms with Crippen molar-refractivity contribution in [2.75, 3.05) is 42.2 Å². The van der Waals surface area contributed by atoms with Gasteiger partial charge in [0, 0.05) is 19.6 Å². The maximum Gasteiger partial charge on any atom is 0.320 e. The van der Waals surface area contributed by atoms with Gasteiger partial charge in [0.05, 0.1) is 6.61 Å². The molecule has 1 aromatic heterocycles. The summed E-state index contributed by atoms with van der Waals surface area (Å²) in [7, 11) is 0. The molecule has 114 valence electrons. The van der Waals surface area contributed by atoms with Gasteiger partial charge in [0.15, 0.2) is 11.6 Å². The third-order valence-corrected chi connectivity index (χ3v) is 3.69. The first-order valence-electron chi connectivity index (χ1n) is 7.29. The molecule has 4 N–H and O–H groups in total. The number of piperazine rings is 1. The second-order valence-corrected chi connectivity index (χ2v) is 5.19. The summed E-state index contributed by atoms with van der Waals surface area (Å²) in [6.07, 6.45) is 1.98. The predicted octanol–water partition coefficient (Wildman–Crippen LogP) is -0.0320. The highest BCUT2D eigenvalue weighted by atomic mass is 16.5. The number of aromatic nitrogens is 2. The lowest BCUT2D eigenvalue weighted by Crippen LogP contribution is -2.59. The van der Waals surface area contributed by atoms with Crippen LogP contribution in [0.25, 0.3) is 0 Å². The van der Waals surface area contributed by atoms with E-state index in [9.17, 15) is 4.79 Å². The van der Waals surface area contributed by atoms with Crippen molar-refractivity contribution in [2.45, 2.75) is 25.8 Å². The number of hydrogen-bond acceptors (Lipinski definition) is 7. The summed E-state index contributed by atoms with van der Waals surface area (Å²) in [4.78, 5) is 22.6. The van der Waals surface area contributed by atoms with Gasteiger partial charge in [-0.3, -0.25) is 4.79 Å². The van der Waals surface area contributed by atoms with Crippen molar-refractivity contribution < 1.29 is 9.53 Å². The summed E-state index contributed by atoms with van der Waals surface area (Å²) >= 11 is 0. The summed E-state index contributed by atoms with van der Waals surface area (Å²) in [5.74, 6) is 0.821. The Morgan fingerprint density at radius 2 is 2.33 bits per heavy atom. The fourth-order valence-corrected chi connectivity index (χ4v) is 2.54. The van der Waals surface area contributed by atoms with E-state index >= 15 is 0 Å². The first-order chi connectivity index (χ1) is 10.2. The van der Waals surface area contributed by atoms with Crippen molar-refractivity contribution in [3.63, 3.8) is 0 Å². The van der Waals surface area contributed by atoms with Crippen LogP contribution in [0.4, 0.5) is 17.3 Å². The van der Waals surface area contributed by atoms with Crippen LogP contribution in [0.2, 0.25) is 0 Å². The van der Waals surface area contributed by atoms with Crippen LogP contribution in [0, 0.1) is 0 Å². The number of carbonyl (C=O) groups excluding carboxylic acids is 1. The molecule has 3 rings (SSSR count). The van der Waals surface area contributed by atoms with Gasteiger partial charge >= 0.3 is 6.01 Å². The summed E-state index contributed by atoms with van der Waals surface area (Å²) < 4.78 is 5.54. The van der Waals surface area contributed by atoms with E-state index in [1.807, 2.05) is 4.90 Å². The highest BCUT2D eigenvalue weighted by Crippen LogP contribution is 2.35. The zero-order valence-electron chi connectivity index (χ0n) is 12.1. The minimum absolute atomic E-state index is 0.0790. The van der Waals surface area contributed by atoms with Crippen LogP contribution in [0.3, 0.4) is 0 Å². The number of nitrogens with one attached hydrogen (secondary N) is 2. The first kappa shape index (κ1) is 13.9. The van der Waals surface area contributed by atoms with Crippen molar-refractivity contribution in [3.8, 4) is 6.01 Å². The van der Waals surface area contributed by atoms with E-state index < -0.39 is 0 Å². The molecule has 1 unspecified atom stereocenters. The van der Waals surface area contributed by atoms with Crippen LogP contribution in [0.15, 0.2) is 0 Å². The molecule has 8 heteroatoms. The van der Waals surface area contributed by atoms with E-state index in [0.29, 0.717) is 31.2 Å². The molecule has 2 aliphatic rings. The smallest absolute Gasteiger partial charge is 0.320 e. The number of carbonyl (C=O) groups is 1. The molecular weight excluding hydrogens is 272 g/mol.